The van der Waals surface area contributed by atoms with Crippen LogP contribution in [0.5, 0.6) is 0 Å². The maximum atomic E-state index is 4.70. The van der Waals surface area contributed by atoms with E-state index >= 15 is 0 Å². The first-order chi connectivity index (χ1) is 31.2. The highest BCUT2D eigenvalue weighted by atomic mass is 31.0. The van der Waals surface area contributed by atoms with Crippen LogP contribution in [0.3, 0.4) is 0 Å². The van der Waals surface area contributed by atoms with E-state index in [9.17, 15) is 0 Å². The summed E-state index contributed by atoms with van der Waals surface area (Å²) in [5, 5.41) is 10.3. The van der Waals surface area contributed by atoms with Gasteiger partial charge in [-0.2, -0.15) is 0 Å². The van der Waals surface area contributed by atoms with Crippen molar-refractivity contribution in [3.63, 3.8) is 0 Å². The second-order valence-corrected chi connectivity index (χ2v) is 17.6. The second-order valence-electron chi connectivity index (χ2n) is 16.3. The smallest absolute Gasteiger partial charge is 0.0708 e. The van der Waals surface area contributed by atoms with Gasteiger partial charge in [0.05, 0.1) is 33.5 Å². The summed E-state index contributed by atoms with van der Waals surface area (Å²) in [6, 6.07) is 75.0. The van der Waals surface area contributed by atoms with Crippen LogP contribution < -0.4 is 0 Å². The molecule has 5 aromatic heterocycles. The predicted octanol–water partition coefficient (Wildman–Crippen LogP) is 15.7. The SMILES string of the molecule is c1ccc(-c2ccccc2-c2ccc3c(c2)c2ccccc2n3-c2ccc3[pH]c4ccc(-n5c6ccccc6c6cc(-c7ccccc7-c7ccccn7)ccc65)cc4c3c2)nc1. The Morgan fingerprint density at radius 2 is 0.714 bits per heavy atom. The molecule has 0 amide bonds. The zero-order chi connectivity index (χ0) is 41.4. The fourth-order valence-electron chi connectivity index (χ4n) is 9.95. The van der Waals surface area contributed by atoms with Gasteiger partial charge in [0.15, 0.2) is 0 Å². The minimum Gasteiger partial charge on any atom is -0.309 e. The molecule has 13 rings (SSSR count). The molecule has 8 aromatic carbocycles. The number of hydrogen-bond acceptors (Lipinski definition) is 2. The molecule has 0 spiro atoms. The summed E-state index contributed by atoms with van der Waals surface area (Å²) >= 11 is 0. The molecule has 0 N–H and O–H groups in total. The Morgan fingerprint density at radius 1 is 0.302 bits per heavy atom. The number of rotatable bonds is 6. The van der Waals surface area contributed by atoms with Gasteiger partial charge in [-0.25, -0.2) is 0 Å². The molecule has 0 bridgehead atoms. The minimum atomic E-state index is 0.608. The first kappa shape index (κ1) is 35.7. The molecular weight excluding hydrogens is 784 g/mol. The van der Waals surface area contributed by atoms with Gasteiger partial charge in [-0.05, 0) is 140 Å². The van der Waals surface area contributed by atoms with Crippen molar-refractivity contribution >= 4 is 72.8 Å². The molecule has 294 valence electrons. The molecule has 63 heavy (non-hydrogen) atoms. The Bertz CT molecular complexity index is 3660. The minimum absolute atomic E-state index is 0.608. The summed E-state index contributed by atoms with van der Waals surface area (Å²) in [6.07, 6.45) is 3.73. The fraction of sp³-hybridized carbons (Fsp3) is 0. The molecule has 0 saturated heterocycles. The molecule has 0 radical (unpaired) electrons. The first-order valence-corrected chi connectivity index (χ1v) is 22.4. The Morgan fingerprint density at radius 3 is 1.17 bits per heavy atom. The van der Waals surface area contributed by atoms with E-state index in [1.165, 1.54) is 98.2 Å². The van der Waals surface area contributed by atoms with Crippen molar-refractivity contribution in [2.24, 2.45) is 0 Å². The predicted molar refractivity (Wildman–Crippen MR) is 267 cm³/mol. The van der Waals surface area contributed by atoms with Crippen molar-refractivity contribution in [1.29, 1.82) is 0 Å². The van der Waals surface area contributed by atoms with E-state index in [2.05, 4.69) is 203 Å². The number of para-hydroxylation sites is 2. The van der Waals surface area contributed by atoms with Gasteiger partial charge in [0.1, 0.15) is 0 Å². The molecule has 5 heterocycles. The third-order valence-corrected chi connectivity index (χ3v) is 14.2. The number of hydrogen-bond donors (Lipinski definition) is 0. The molecule has 0 aliphatic heterocycles. The molecule has 5 heteroatoms. The Kier molecular flexibility index (Phi) is 8.09. The van der Waals surface area contributed by atoms with Crippen LogP contribution in [0.15, 0.2) is 219 Å². The first-order valence-electron chi connectivity index (χ1n) is 21.4. The molecule has 0 fully saturated rings. The molecule has 0 aliphatic rings. The van der Waals surface area contributed by atoms with Crippen molar-refractivity contribution in [3.05, 3.63) is 219 Å². The van der Waals surface area contributed by atoms with E-state index in [1.807, 2.05) is 24.5 Å². The number of pyridine rings is 2. The molecule has 0 unspecified atom stereocenters. The Labute approximate surface area is 365 Å². The van der Waals surface area contributed by atoms with Crippen LogP contribution >= 0.6 is 8.19 Å². The summed E-state index contributed by atoms with van der Waals surface area (Å²) in [6.45, 7) is 0. The van der Waals surface area contributed by atoms with E-state index in [-0.39, 0.29) is 0 Å². The molecular formula is C58H37N4P. The molecule has 0 aliphatic carbocycles. The Hall–Kier alpha value is -8.04. The maximum Gasteiger partial charge on any atom is 0.0708 e. The average Bonchev–Trinajstić information content (AvgIpc) is 4.01. The van der Waals surface area contributed by atoms with Gasteiger partial charge in [0, 0.05) is 56.4 Å². The highest BCUT2D eigenvalue weighted by Gasteiger charge is 2.19. The lowest BCUT2D eigenvalue weighted by atomic mass is 9.96. The van der Waals surface area contributed by atoms with Gasteiger partial charge in [-0.1, -0.05) is 109 Å². The van der Waals surface area contributed by atoms with Crippen molar-refractivity contribution < 1.29 is 0 Å². The number of benzene rings is 8. The van der Waals surface area contributed by atoms with Crippen LogP contribution in [-0.4, -0.2) is 19.1 Å². The van der Waals surface area contributed by atoms with E-state index < -0.39 is 0 Å². The normalized spacial score (nSPS) is 11.8. The van der Waals surface area contributed by atoms with Crippen LogP contribution in [0, 0.1) is 0 Å². The quantitative estimate of drug-likeness (QED) is 0.167. The zero-order valence-electron chi connectivity index (χ0n) is 34.1. The van der Waals surface area contributed by atoms with E-state index in [4.69, 9.17) is 9.97 Å². The van der Waals surface area contributed by atoms with Crippen LogP contribution in [-0.2, 0) is 0 Å². The second kappa shape index (κ2) is 14.3. The number of aromatic nitrogens is 4. The highest BCUT2D eigenvalue weighted by Crippen LogP contribution is 2.44. The lowest BCUT2D eigenvalue weighted by molar-refractivity contribution is 1.18. The summed E-state index contributed by atoms with van der Waals surface area (Å²) in [5.74, 6) is 0. The van der Waals surface area contributed by atoms with Gasteiger partial charge in [-0.3, -0.25) is 9.97 Å². The van der Waals surface area contributed by atoms with Crippen molar-refractivity contribution in [2.75, 3.05) is 0 Å². The van der Waals surface area contributed by atoms with Crippen LogP contribution in [0.25, 0.3) is 121 Å². The monoisotopic (exact) mass is 820 g/mol. The molecule has 4 nitrogen and oxygen atoms in total. The average molecular weight is 821 g/mol. The van der Waals surface area contributed by atoms with Crippen molar-refractivity contribution in [2.45, 2.75) is 0 Å². The topological polar surface area (TPSA) is 35.6 Å². The van der Waals surface area contributed by atoms with Crippen LogP contribution in [0.1, 0.15) is 0 Å². The fourth-order valence-corrected chi connectivity index (χ4v) is 11.3. The van der Waals surface area contributed by atoms with Gasteiger partial charge in [0.2, 0.25) is 0 Å². The summed E-state index contributed by atoms with van der Waals surface area (Å²) in [5.41, 5.74) is 16.0. The maximum absolute atomic E-state index is 4.70. The van der Waals surface area contributed by atoms with Gasteiger partial charge in [0.25, 0.3) is 0 Å². The molecule has 13 aromatic rings. The lowest BCUT2D eigenvalue weighted by Gasteiger charge is -2.12. The van der Waals surface area contributed by atoms with E-state index in [0.29, 0.717) is 8.19 Å². The van der Waals surface area contributed by atoms with Crippen molar-refractivity contribution in [3.8, 4) is 56.1 Å². The van der Waals surface area contributed by atoms with E-state index in [1.54, 1.807) is 0 Å². The summed E-state index contributed by atoms with van der Waals surface area (Å²) in [4.78, 5) is 9.40. The Balaban J connectivity index is 0.952. The third kappa shape index (κ3) is 5.69. The zero-order valence-corrected chi connectivity index (χ0v) is 35.1. The summed E-state index contributed by atoms with van der Waals surface area (Å²) in [7, 11) is 0.608. The summed E-state index contributed by atoms with van der Waals surface area (Å²) < 4.78 is 4.89. The van der Waals surface area contributed by atoms with Crippen LogP contribution in [0.2, 0.25) is 0 Å². The van der Waals surface area contributed by atoms with Crippen LogP contribution in [0.4, 0.5) is 0 Å². The molecule has 0 atom stereocenters. The largest absolute Gasteiger partial charge is 0.309 e. The van der Waals surface area contributed by atoms with Crippen molar-refractivity contribution in [1.82, 2.24) is 19.1 Å². The molecule has 0 saturated carbocycles. The van der Waals surface area contributed by atoms with Gasteiger partial charge < -0.3 is 9.13 Å². The lowest BCUT2D eigenvalue weighted by Crippen LogP contribution is -1.94. The van der Waals surface area contributed by atoms with Gasteiger partial charge >= 0.3 is 0 Å². The standard InChI is InChI=1S/C58H37N4P/c1-3-15-43(51-19-9-11-31-59-51)41(13-1)37-23-27-55-47(33-37)45-17-5-7-21-53(45)61(55)39-25-29-57-49(35-39)50-36-40(26-30-58(50)63-57)62-54-22-8-6-18-46(54)48-34-38(24-28-56(48)62)42-14-2-4-16-44(42)52-20-10-12-32-60-52/h1-36,63H. The number of fused-ring (bicyclic) bond motifs is 9. The third-order valence-electron chi connectivity index (χ3n) is 12.8. The number of nitrogens with zero attached hydrogens (tertiary/aromatic N) is 4. The highest BCUT2D eigenvalue weighted by molar-refractivity contribution is 7.43. The van der Waals surface area contributed by atoms with Gasteiger partial charge in [-0.15, -0.1) is 8.19 Å². The van der Waals surface area contributed by atoms with E-state index in [0.717, 1.165) is 22.5 Å².